The van der Waals surface area contributed by atoms with Crippen LogP contribution in [-0.2, 0) is 14.3 Å². The average Bonchev–Trinajstić information content (AvgIpc) is 2.02. The van der Waals surface area contributed by atoms with E-state index in [4.69, 9.17) is 10.2 Å². The molecule has 0 aromatic carbocycles. The van der Waals surface area contributed by atoms with Crippen molar-refractivity contribution in [1.29, 1.82) is 0 Å². The number of carboxylic acids is 1. The lowest BCUT2D eigenvalue weighted by atomic mass is 10.4. The maximum atomic E-state index is 9.45. The van der Waals surface area contributed by atoms with Crippen LogP contribution in [0.3, 0.4) is 0 Å². The molecule has 0 saturated carbocycles. The van der Waals surface area contributed by atoms with Crippen molar-refractivity contribution in [2.75, 3.05) is 27.4 Å². The van der Waals surface area contributed by atoms with Gasteiger partial charge in [0.15, 0.2) is 0 Å². The number of rotatable bonds is 4. The van der Waals surface area contributed by atoms with Crippen molar-refractivity contribution in [3.63, 3.8) is 0 Å². The van der Waals surface area contributed by atoms with Crippen LogP contribution in [0, 0.1) is 0 Å². The first-order chi connectivity index (χ1) is 5.56. The highest BCUT2D eigenvalue weighted by molar-refractivity contribution is 5.71. The second kappa shape index (κ2) is 10.3. The van der Waals surface area contributed by atoms with Gasteiger partial charge in [-0.2, -0.15) is 0 Å². The second-order valence-corrected chi connectivity index (χ2v) is 2.00. The van der Waals surface area contributed by atoms with Gasteiger partial charge in [-0.15, -0.1) is 0 Å². The molecule has 5 nitrogen and oxygen atoms in total. The fraction of sp³-hybridized carbons (Fsp3) is 0.857. The number of methoxy groups -OCH3 is 2. The lowest BCUT2D eigenvalue weighted by Crippen LogP contribution is -2.13. The fourth-order valence-electron chi connectivity index (χ4n) is 0.167. The Morgan fingerprint density at radius 2 is 1.58 bits per heavy atom. The Bertz CT molecular complexity index is 98.0. The molecule has 0 saturated heterocycles. The van der Waals surface area contributed by atoms with Crippen molar-refractivity contribution < 1.29 is 24.5 Å². The number of carboxylic acid groups (broad SMARTS) is 1. The molecule has 5 heteroatoms. The summed E-state index contributed by atoms with van der Waals surface area (Å²) in [6.07, 6.45) is -1.23. The van der Waals surface area contributed by atoms with Crippen molar-refractivity contribution in [3.05, 3.63) is 0 Å². The summed E-state index contributed by atoms with van der Waals surface area (Å²) in [7, 11) is 3.30. The normalized spacial score (nSPS) is 11.3. The quantitative estimate of drug-likeness (QED) is 0.582. The van der Waals surface area contributed by atoms with Gasteiger partial charge in [-0.25, -0.2) is 4.79 Å². The van der Waals surface area contributed by atoms with E-state index >= 15 is 0 Å². The Kier molecular flexibility index (Phi) is 12.0. The molecule has 0 amide bonds. The molecule has 0 radical (unpaired) electrons. The SMILES string of the molecule is CC(O)C(=O)O.COCCOC. The largest absolute Gasteiger partial charge is 0.479 e. The molecule has 74 valence electrons. The lowest BCUT2D eigenvalue weighted by molar-refractivity contribution is -0.145. The van der Waals surface area contributed by atoms with Gasteiger partial charge in [-0.1, -0.05) is 0 Å². The molecular formula is C7H16O5. The summed E-state index contributed by atoms with van der Waals surface area (Å²) in [6.45, 7) is 2.58. The smallest absolute Gasteiger partial charge is 0.332 e. The molecule has 0 rings (SSSR count). The fourth-order valence-corrected chi connectivity index (χ4v) is 0.167. The predicted octanol–water partition coefficient (Wildman–Crippen LogP) is -0.269. The van der Waals surface area contributed by atoms with E-state index in [1.54, 1.807) is 14.2 Å². The van der Waals surface area contributed by atoms with Gasteiger partial charge < -0.3 is 19.7 Å². The molecule has 0 aromatic heterocycles. The molecule has 0 aliphatic rings. The second-order valence-electron chi connectivity index (χ2n) is 2.00. The van der Waals surface area contributed by atoms with Gasteiger partial charge >= 0.3 is 5.97 Å². The number of hydrogen-bond acceptors (Lipinski definition) is 4. The molecule has 2 N–H and O–H groups in total. The van der Waals surface area contributed by atoms with Gasteiger partial charge in [0.05, 0.1) is 13.2 Å². The number of aliphatic hydroxyl groups excluding tert-OH is 1. The van der Waals surface area contributed by atoms with Crippen molar-refractivity contribution in [2.24, 2.45) is 0 Å². The van der Waals surface area contributed by atoms with Crippen LogP contribution in [0.1, 0.15) is 6.92 Å². The monoisotopic (exact) mass is 180 g/mol. The van der Waals surface area contributed by atoms with E-state index in [1.807, 2.05) is 0 Å². The van der Waals surface area contributed by atoms with Gasteiger partial charge in [-0.05, 0) is 6.92 Å². The third-order valence-electron chi connectivity index (χ3n) is 0.849. The molecule has 0 bridgehead atoms. The first-order valence-electron chi connectivity index (χ1n) is 3.45. The Morgan fingerprint density at radius 1 is 1.33 bits per heavy atom. The summed E-state index contributed by atoms with van der Waals surface area (Å²) in [5.74, 6) is -1.19. The third kappa shape index (κ3) is 16.2. The van der Waals surface area contributed by atoms with Crippen LogP contribution in [0.5, 0.6) is 0 Å². The zero-order valence-corrected chi connectivity index (χ0v) is 7.61. The van der Waals surface area contributed by atoms with Crippen molar-refractivity contribution in [2.45, 2.75) is 13.0 Å². The van der Waals surface area contributed by atoms with Gasteiger partial charge in [0, 0.05) is 14.2 Å². The Labute approximate surface area is 71.9 Å². The maximum absolute atomic E-state index is 9.45. The van der Waals surface area contributed by atoms with E-state index in [-0.39, 0.29) is 0 Å². The van der Waals surface area contributed by atoms with E-state index in [0.29, 0.717) is 13.2 Å². The molecule has 0 aliphatic heterocycles. The number of aliphatic hydroxyl groups is 1. The number of hydrogen-bond donors (Lipinski definition) is 2. The average molecular weight is 180 g/mol. The first kappa shape index (κ1) is 13.9. The molecule has 0 fully saturated rings. The molecule has 0 heterocycles. The van der Waals surface area contributed by atoms with Gasteiger partial charge in [0.2, 0.25) is 0 Å². The van der Waals surface area contributed by atoms with Gasteiger partial charge in [0.25, 0.3) is 0 Å². The predicted molar refractivity (Wildman–Crippen MR) is 43.1 cm³/mol. The summed E-state index contributed by atoms with van der Waals surface area (Å²) in [4.78, 5) is 9.45. The molecule has 1 atom stereocenters. The maximum Gasteiger partial charge on any atom is 0.332 e. The Hall–Kier alpha value is -0.650. The topological polar surface area (TPSA) is 76.0 Å². The third-order valence-corrected chi connectivity index (χ3v) is 0.849. The molecule has 0 spiro atoms. The van der Waals surface area contributed by atoms with Gasteiger partial charge in [0.1, 0.15) is 6.10 Å². The van der Waals surface area contributed by atoms with E-state index < -0.39 is 12.1 Å². The van der Waals surface area contributed by atoms with Crippen LogP contribution in [0.15, 0.2) is 0 Å². The Morgan fingerprint density at radius 3 is 1.67 bits per heavy atom. The minimum Gasteiger partial charge on any atom is -0.479 e. The molecule has 0 aromatic rings. The van der Waals surface area contributed by atoms with Crippen LogP contribution in [0.25, 0.3) is 0 Å². The van der Waals surface area contributed by atoms with Crippen molar-refractivity contribution in [1.82, 2.24) is 0 Å². The van der Waals surface area contributed by atoms with Crippen LogP contribution in [0.2, 0.25) is 0 Å². The molecule has 12 heavy (non-hydrogen) atoms. The summed E-state index contributed by atoms with van der Waals surface area (Å²) in [5, 5.41) is 15.8. The highest BCUT2D eigenvalue weighted by Crippen LogP contribution is 1.73. The van der Waals surface area contributed by atoms with E-state index in [1.165, 1.54) is 6.92 Å². The van der Waals surface area contributed by atoms with Crippen molar-refractivity contribution >= 4 is 5.97 Å². The number of carbonyl (C=O) groups is 1. The van der Waals surface area contributed by atoms with E-state index in [0.717, 1.165) is 0 Å². The standard InChI is InChI=1S/C4H10O2.C3H6O3/c1-5-3-4-6-2;1-2(4)3(5)6/h3-4H2,1-2H3;2,4H,1H3,(H,5,6). The van der Waals surface area contributed by atoms with Crippen LogP contribution < -0.4 is 0 Å². The van der Waals surface area contributed by atoms with Crippen LogP contribution >= 0.6 is 0 Å². The van der Waals surface area contributed by atoms with E-state index in [9.17, 15) is 4.79 Å². The minimum atomic E-state index is -1.23. The van der Waals surface area contributed by atoms with Crippen LogP contribution in [0.4, 0.5) is 0 Å². The number of aliphatic carboxylic acids is 1. The first-order valence-corrected chi connectivity index (χ1v) is 3.45. The highest BCUT2D eigenvalue weighted by atomic mass is 16.5. The summed E-state index contributed by atoms with van der Waals surface area (Å²) in [6, 6.07) is 0. The molecule has 0 aliphatic carbocycles. The van der Waals surface area contributed by atoms with Crippen molar-refractivity contribution in [3.8, 4) is 0 Å². The summed E-state index contributed by atoms with van der Waals surface area (Å²) >= 11 is 0. The molecule has 1 unspecified atom stereocenters. The molecular weight excluding hydrogens is 164 g/mol. The lowest BCUT2D eigenvalue weighted by Gasteiger charge is -1.91. The zero-order chi connectivity index (χ0) is 9.98. The Balaban J connectivity index is 0. The van der Waals surface area contributed by atoms with E-state index in [2.05, 4.69) is 9.47 Å². The minimum absolute atomic E-state index is 0.691. The number of ether oxygens (including phenoxy) is 2. The summed E-state index contributed by atoms with van der Waals surface area (Å²) < 4.78 is 9.31. The zero-order valence-electron chi connectivity index (χ0n) is 7.61. The van der Waals surface area contributed by atoms with Gasteiger partial charge in [-0.3, -0.25) is 0 Å². The summed E-state index contributed by atoms with van der Waals surface area (Å²) in [5.41, 5.74) is 0. The highest BCUT2D eigenvalue weighted by Gasteiger charge is 2.01. The van der Waals surface area contributed by atoms with Crippen LogP contribution in [-0.4, -0.2) is 49.7 Å².